The predicted molar refractivity (Wildman–Crippen MR) is 97.2 cm³/mol. The van der Waals surface area contributed by atoms with E-state index >= 15 is 0 Å². The van der Waals surface area contributed by atoms with Crippen molar-refractivity contribution in [3.05, 3.63) is 71.5 Å². The molecular formula is C20H20FN3O3. The highest BCUT2D eigenvalue weighted by atomic mass is 19.1. The molecule has 1 aliphatic heterocycles. The number of rotatable bonds is 6. The Morgan fingerprint density at radius 3 is 2.48 bits per heavy atom. The summed E-state index contributed by atoms with van der Waals surface area (Å²) in [7, 11) is 0. The monoisotopic (exact) mass is 369 g/mol. The van der Waals surface area contributed by atoms with E-state index in [1.807, 2.05) is 6.07 Å². The Balaban J connectivity index is 1.59. The van der Waals surface area contributed by atoms with Crippen LogP contribution in [-0.2, 0) is 21.5 Å². The second-order valence-corrected chi connectivity index (χ2v) is 6.50. The molecule has 1 atom stereocenters. The van der Waals surface area contributed by atoms with Crippen LogP contribution in [0, 0.1) is 5.82 Å². The third-order valence-electron chi connectivity index (χ3n) is 4.60. The lowest BCUT2D eigenvalue weighted by atomic mass is 9.92. The predicted octanol–water partition coefficient (Wildman–Crippen LogP) is 1.95. The van der Waals surface area contributed by atoms with Crippen LogP contribution in [0.1, 0.15) is 18.1 Å². The van der Waals surface area contributed by atoms with Crippen molar-refractivity contribution in [3.63, 3.8) is 0 Å². The van der Waals surface area contributed by atoms with E-state index < -0.39 is 23.4 Å². The molecule has 140 valence electrons. The van der Waals surface area contributed by atoms with Crippen molar-refractivity contribution in [1.29, 1.82) is 0 Å². The highest BCUT2D eigenvalue weighted by Gasteiger charge is 2.49. The number of hydrogen-bond donors (Lipinski definition) is 2. The molecule has 0 aliphatic carbocycles. The zero-order valence-corrected chi connectivity index (χ0v) is 14.9. The highest BCUT2D eigenvalue weighted by molar-refractivity contribution is 6.09. The molecule has 6 nitrogen and oxygen atoms in total. The summed E-state index contributed by atoms with van der Waals surface area (Å²) in [5, 5.41) is 5.26. The van der Waals surface area contributed by atoms with E-state index in [2.05, 4.69) is 10.6 Å². The topological polar surface area (TPSA) is 78.5 Å². The van der Waals surface area contributed by atoms with Gasteiger partial charge in [-0.05, 0) is 30.5 Å². The maximum Gasteiger partial charge on any atom is 0.325 e. The molecule has 27 heavy (non-hydrogen) atoms. The molecule has 1 aliphatic rings. The first-order chi connectivity index (χ1) is 12.9. The number of halogens is 1. The van der Waals surface area contributed by atoms with Gasteiger partial charge in [-0.15, -0.1) is 0 Å². The quantitative estimate of drug-likeness (QED) is 0.764. The Bertz CT molecular complexity index is 872. The van der Waals surface area contributed by atoms with Gasteiger partial charge in [0, 0.05) is 6.54 Å². The smallest absolute Gasteiger partial charge is 0.325 e. The summed E-state index contributed by atoms with van der Waals surface area (Å²) in [4.78, 5) is 38.0. The molecule has 2 aromatic carbocycles. The minimum Gasteiger partial charge on any atom is -0.354 e. The molecule has 1 fully saturated rings. The summed E-state index contributed by atoms with van der Waals surface area (Å²) in [5.41, 5.74) is -0.0681. The summed E-state index contributed by atoms with van der Waals surface area (Å²) < 4.78 is 13.6. The maximum absolute atomic E-state index is 13.6. The van der Waals surface area contributed by atoms with Gasteiger partial charge in [0.2, 0.25) is 5.91 Å². The molecular weight excluding hydrogens is 349 g/mol. The van der Waals surface area contributed by atoms with Crippen LogP contribution in [0.4, 0.5) is 9.18 Å². The Labute approximate surface area is 156 Å². The molecule has 1 unspecified atom stereocenters. The number of urea groups is 1. The van der Waals surface area contributed by atoms with Gasteiger partial charge in [0.1, 0.15) is 17.9 Å². The Morgan fingerprint density at radius 2 is 1.78 bits per heavy atom. The van der Waals surface area contributed by atoms with Gasteiger partial charge in [0.05, 0.1) is 0 Å². The second kappa shape index (κ2) is 7.57. The third kappa shape index (κ3) is 3.81. The average Bonchev–Trinajstić information content (AvgIpc) is 2.88. The number of hydrogen-bond acceptors (Lipinski definition) is 3. The zero-order valence-electron chi connectivity index (χ0n) is 14.9. The standard InChI is InChI=1S/C20H20FN3O3/c1-20(15-8-3-2-4-9-15)18(26)24(19(27)23-20)13-17(25)22-12-11-14-7-5-6-10-16(14)21/h2-10H,11-13H2,1H3,(H,22,25)(H,23,27). The van der Waals surface area contributed by atoms with Crippen LogP contribution in [0.5, 0.6) is 0 Å². The van der Waals surface area contributed by atoms with Crippen molar-refractivity contribution in [3.8, 4) is 0 Å². The van der Waals surface area contributed by atoms with Crippen LogP contribution >= 0.6 is 0 Å². The molecule has 7 heteroatoms. The van der Waals surface area contributed by atoms with E-state index in [1.165, 1.54) is 6.07 Å². The van der Waals surface area contributed by atoms with E-state index in [9.17, 15) is 18.8 Å². The molecule has 2 N–H and O–H groups in total. The Hall–Kier alpha value is -3.22. The van der Waals surface area contributed by atoms with Crippen molar-refractivity contribution in [2.24, 2.45) is 0 Å². The number of imide groups is 1. The number of carbonyl (C=O) groups is 3. The van der Waals surface area contributed by atoms with Gasteiger partial charge in [-0.25, -0.2) is 9.18 Å². The van der Waals surface area contributed by atoms with Crippen molar-refractivity contribution in [2.75, 3.05) is 13.1 Å². The lowest BCUT2D eigenvalue weighted by Crippen LogP contribution is -2.43. The van der Waals surface area contributed by atoms with Gasteiger partial charge in [0.25, 0.3) is 5.91 Å². The summed E-state index contributed by atoms with van der Waals surface area (Å²) in [5.74, 6) is -1.30. The SMILES string of the molecule is CC1(c2ccccc2)NC(=O)N(CC(=O)NCCc2ccccc2F)C1=O. The molecule has 0 saturated carbocycles. The van der Waals surface area contributed by atoms with Crippen molar-refractivity contribution < 1.29 is 18.8 Å². The van der Waals surface area contributed by atoms with Gasteiger partial charge in [-0.1, -0.05) is 48.5 Å². The van der Waals surface area contributed by atoms with Crippen LogP contribution in [0.2, 0.25) is 0 Å². The first kappa shape index (κ1) is 18.6. The van der Waals surface area contributed by atoms with Crippen molar-refractivity contribution >= 4 is 17.8 Å². The van der Waals surface area contributed by atoms with E-state index in [1.54, 1.807) is 49.4 Å². The maximum atomic E-state index is 13.6. The van der Waals surface area contributed by atoms with Gasteiger partial charge in [-0.3, -0.25) is 14.5 Å². The largest absolute Gasteiger partial charge is 0.354 e. The van der Waals surface area contributed by atoms with E-state index in [-0.39, 0.29) is 18.9 Å². The number of nitrogens with one attached hydrogen (secondary N) is 2. The molecule has 2 aromatic rings. The molecule has 1 saturated heterocycles. The van der Waals surface area contributed by atoms with E-state index in [0.717, 1.165) is 4.90 Å². The van der Waals surface area contributed by atoms with Gasteiger partial charge < -0.3 is 10.6 Å². The number of nitrogens with zero attached hydrogens (tertiary/aromatic N) is 1. The minimum atomic E-state index is -1.20. The first-order valence-electron chi connectivity index (χ1n) is 8.61. The summed E-state index contributed by atoms with van der Waals surface area (Å²) >= 11 is 0. The van der Waals surface area contributed by atoms with E-state index in [4.69, 9.17) is 0 Å². The minimum absolute atomic E-state index is 0.208. The Morgan fingerprint density at radius 1 is 1.11 bits per heavy atom. The zero-order chi connectivity index (χ0) is 19.4. The first-order valence-corrected chi connectivity index (χ1v) is 8.61. The van der Waals surface area contributed by atoms with Crippen molar-refractivity contribution in [1.82, 2.24) is 15.5 Å². The van der Waals surface area contributed by atoms with Gasteiger partial charge in [0.15, 0.2) is 0 Å². The molecule has 4 amide bonds. The fraction of sp³-hybridized carbons (Fsp3) is 0.250. The lowest BCUT2D eigenvalue weighted by Gasteiger charge is -2.22. The summed E-state index contributed by atoms with van der Waals surface area (Å²) in [6.07, 6.45) is 0.320. The molecule has 0 radical (unpaired) electrons. The van der Waals surface area contributed by atoms with Crippen LogP contribution in [0.25, 0.3) is 0 Å². The molecule has 1 heterocycles. The van der Waals surface area contributed by atoms with Crippen LogP contribution < -0.4 is 10.6 Å². The Kier molecular flexibility index (Phi) is 5.21. The van der Waals surface area contributed by atoms with Crippen molar-refractivity contribution in [2.45, 2.75) is 18.9 Å². The average molecular weight is 369 g/mol. The summed E-state index contributed by atoms with van der Waals surface area (Å²) in [6.45, 7) is 1.43. The third-order valence-corrected chi connectivity index (χ3v) is 4.60. The van der Waals surface area contributed by atoms with E-state index in [0.29, 0.717) is 17.5 Å². The van der Waals surface area contributed by atoms with Crippen LogP contribution in [-0.4, -0.2) is 35.8 Å². The fourth-order valence-electron chi connectivity index (χ4n) is 3.04. The number of amides is 4. The van der Waals surface area contributed by atoms with Crippen LogP contribution in [0.15, 0.2) is 54.6 Å². The molecule has 0 aromatic heterocycles. The summed E-state index contributed by atoms with van der Waals surface area (Å²) in [6, 6.07) is 14.6. The fourth-order valence-corrected chi connectivity index (χ4v) is 3.04. The normalized spacial score (nSPS) is 19.1. The second-order valence-electron chi connectivity index (χ2n) is 6.50. The van der Waals surface area contributed by atoms with Gasteiger partial charge in [-0.2, -0.15) is 0 Å². The molecule has 0 spiro atoms. The molecule has 0 bridgehead atoms. The highest BCUT2D eigenvalue weighted by Crippen LogP contribution is 2.28. The van der Waals surface area contributed by atoms with Crippen LogP contribution in [0.3, 0.4) is 0 Å². The number of carbonyl (C=O) groups excluding carboxylic acids is 3. The van der Waals surface area contributed by atoms with Gasteiger partial charge >= 0.3 is 6.03 Å². The lowest BCUT2D eigenvalue weighted by molar-refractivity contribution is -0.134. The molecule has 3 rings (SSSR count). The number of benzene rings is 2.